The number of aromatic nitrogens is 5. The summed E-state index contributed by atoms with van der Waals surface area (Å²) in [5.41, 5.74) is 14.9. The van der Waals surface area contributed by atoms with Crippen molar-refractivity contribution >= 4 is 11.8 Å². The van der Waals surface area contributed by atoms with Crippen molar-refractivity contribution in [2.75, 3.05) is 13.1 Å². The third kappa shape index (κ3) is 10.1. The lowest BCUT2D eigenvalue weighted by molar-refractivity contribution is -0.274. The van der Waals surface area contributed by atoms with Gasteiger partial charge in [-0.15, -0.1) is 23.4 Å². The Morgan fingerprint density at radius 1 is 0.862 bits per heavy atom. The highest BCUT2D eigenvalue weighted by atomic mass is 19.4. The molecule has 0 radical (unpaired) electrons. The molecule has 2 amide bonds. The first kappa shape index (κ1) is 42.1. The van der Waals surface area contributed by atoms with E-state index < -0.39 is 41.7 Å². The second kappa shape index (κ2) is 18.0. The highest BCUT2D eigenvalue weighted by Gasteiger charge is 2.32. The van der Waals surface area contributed by atoms with Crippen molar-refractivity contribution in [1.82, 2.24) is 34.1 Å². The largest absolute Gasteiger partial charge is 0.573 e. The van der Waals surface area contributed by atoms with Gasteiger partial charge in [0, 0.05) is 75.2 Å². The Balaban J connectivity index is 1.19. The topological polar surface area (TPSA) is 150 Å². The first-order valence-corrected chi connectivity index (χ1v) is 19.0. The number of benzene rings is 2. The minimum absolute atomic E-state index is 0.0307. The predicted octanol–water partition coefficient (Wildman–Crippen LogP) is 5.68. The third-order valence-corrected chi connectivity index (χ3v) is 10.2. The number of amides is 2. The van der Waals surface area contributed by atoms with E-state index in [4.69, 9.17) is 16.5 Å². The number of allylic oxidation sites excluding steroid dienone is 3. The average Bonchev–Trinajstić information content (AvgIpc) is 3.77. The molecular weight excluding hydrogens is 768 g/mol. The lowest BCUT2D eigenvalue weighted by Gasteiger charge is -2.29. The van der Waals surface area contributed by atoms with Crippen LogP contribution < -0.4 is 16.2 Å². The van der Waals surface area contributed by atoms with Gasteiger partial charge in [0.25, 0.3) is 0 Å². The van der Waals surface area contributed by atoms with Crippen LogP contribution in [0.4, 0.5) is 26.3 Å². The monoisotopic (exact) mass is 813 g/mol. The summed E-state index contributed by atoms with van der Waals surface area (Å²) >= 11 is 0. The average molecular weight is 814 g/mol. The molecule has 2 aliphatic rings. The van der Waals surface area contributed by atoms with Gasteiger partial charge in [0.15, 0.2) is 17.5 Å². The van der Waals surface area contributed by atoms with Crippen molar-refractivity contribution in [3.8, 4) is 17.0 Å². The fraction of sp³-hybridized carbons (Fsp3) is 0.425. The number of fused-ring (bicyclic) bond motifs is 2. The molecule has 0 fully saturated rings. The van der Waals surface area contributed by atoms with Gasteiger partial charge >= 0.3 is 6.36 Å². The van der Waals surface area contributed by atoms with Crippen LogP contribution >= 0.6 is 0 Å². The Morgan fingerprint density at radius 2 is 1.52 bits per heavy atom. The van der Waals surface area contributed by atoms with E-state index in [1.807, 2.05) is 16.1 Å². The maximum absolute atomic E-state index is 15.4. The number of halogens is 6. The molecule has 2 atom stereocenters. The number of alkyl halides is 3. The Labute approximate surface area is 331 Å². The Hall–Kier alpha value is -5.49. The van der Waals surface area contributed by atoms with Crippen LogP contribution in [0, 0.1) is 11.6 Å². The summed E-state index contributed by atoms with van der Waals surface area (Å²) < 4.78 is 89.3. The van der Waals surface area contributed by atoms with Gasteiger partial charge in [-0.3, -0.25) is 9.59 Å². The highest BCUT2D eigenvalue weighted by Crippen LogP contribution is 2.32. The number of aryl methyl sites for hydroxylation is 1. The number of imidazole rings is 1. The van der Waals surface area contributed by atoms with E-state index in [2.05, 4.69) is 14.9 Å². The number of nitrogens with zero attached hydrogens (tertiary/aromatic N) is 7. The zero-order valence-corrected chi connectivity index (χ0v) is 32.1. The van der Waals surface area contributed by atoms with Crippen molar-refractivity contribution in [3.63, 3.8) is 0 Å². The summed E-state index contributed by atoms with van der Waals surface area (Å²) in [5.74, 6) is -1.35. The van der Waals surface area contributed by atoms with E-state index in [0.29, 0.717) is 60.3 Å². The predicted molar refractivity (Wildman–Crippen MR) is 201 cm³/mol. The van der Waals surface area contributed by atoms with E-state index in [1.165, 1.54) is 36.4 Å². The number of hydrogen-bond acceptors (Lipinski definition) is 8. The highest BCUT2D eigenvalue weighted by molar-refractivity contribution is 5.77. The Morgan fingerprint density at radius 3 is 2.16 bits per heavy atom. The maximum Gasteiger partial charge on any atom is 0.573 e. The van der Waals surface area contributed by atoms with Crippen LogP contribution in [0.3, 0.4) is 0 Å². The van der Waals surface area contributed by atoms with E-state index in [1.54, 1.807) is 22.8 Å². The summed E-state index contributed by atoms with van der Waals surface area (Å²) in [6.45, 7) is 5.52. The van der Waals surface area contributed by atoms with E-state index in [9.17, 15) is 31.5 Å². The van der Waals surface area contributed by atoms with Gasteiger partial charge < -0.3 is 35.1 Å². The van der Waals surface area contributed by atoms with Crippen LogP contribution in [0.2, 0.25) is 0 Å². The van der Waals surface area contributed by atoms with Crippen molar-refractivity contribution in [3.05, 3.63) is 106 Å². The van der Waals surface area contributed by atoms with E-state index in [0.717, 1.165) is 24.4 Å². The molecule has 6 rings (SSSR count). The molecular formula is C40H45F6N9O3. The van der Waals surface area contributed by atoms with Gasteiger partial charge in [-0.1, -0.05) is 25.1 Å². The van der Waals surface area contributed by atoms with Gasteiger partial charge in [0.1, 0.15) is 23.2 Å². The normalized spacial score (nSPS) is 15.9. The van der Waals surface area contributed by atoms with E-state index >= 15 is 4.39 Å². The molecule has 2 aromatic carbocycles. The van der Waals surface area contributed by atoms with Crippen LogP contribution in [0.1, 0.15) is 61.8 Å². The summed E-state index contributed by atoms with van der Waals surface area (Å²) in [5, 5.41) is 8.40. The number of hydrogen-bond donors (Lipinski definition) is 2. The van der Waals surface area contributed by atoms with Gasteiger partial charge in [0.05, 0.1) is 18.8 Å². The van der Waals surface area contributed by atoms with Crippen LogP contribution in [0.25, 0.3) is 11.3 Å². The molecule has 0 bridgehead atoms. The van der Waals surface area contributed by atoms with Crippen molar-refractivity contribution in [2.24, 2.45) is 11.5 Å². The molecule has 4 heterocycles. The second-order valence-electron chi connectivity index (χ2n) is 14.4. The quantitative estimate of drug-likeness (QED) is 0.122. The molecule has 0 spiro atoms. The standard InChI is InChI=1S/C40H45F6N9O3/c1-3-30(41)26(19-28(48)21-38(57)53-14-16-55-34(4-2)50-51-36(55)23-53)8-12-33-39(25-6-9-29(10-7-25)58-40(44,45)46)49-35-22-52(13-15-54(33)35)37(56)20-27(47)17-24-5-11-31(42)32(43)18-24/h3,5-11,18,27-28H,4,12-17,19-23,47-48H2,1-2H3/b26-8-,30-3+/t27-,28-/m1/s1. The SMILES string of the molecule is C/C=C(F)\C(=C/Cc1c(-c2ccc(OC(F)(F)F)cc2)nc2n1CCN(C(=O)C[C@H](N)Cc1ccc(F)c(F)c1)C2)C[C@@H](N)CC(=O)N1CCn2c(CC)nnc2C1. The molecule has 4 aromatic rings. The summed E-state index contributed by atoms with van der Waals surface area (Å²) in [6, 6.07) is 7.27. The van der Waals surface area contributed by atoms with Crippen LogP contribution in [0.15, 0.2) is 66.0 Å². The number of rotatable bonds is 14. The Bertz CT molecular complexity index is 2180. The number of nitrogens with two attached hydrogens (primary N) is 2. The molecule has 12 nitrogen and oxygen atoms in total. The number of carbonyl (C=O) groups is 2. The fourth-order valence-corrected chi connectivity index (χ4v) is 7.34. The van der Waals surface area contributed by atoms with Gasteiger partial charge in [0.2, 0.25) is 11.8 Å². The molecule has 18 heteroatoms. The molecule has 310 valence electrons. The molecule has 2 aliphatic heterocycles. The minimum atomic E-state index is -4.88. The molecule has 0 aliphatic carbocycles. The molecule has 0 saturated heterocycles. The Kier molecular flexibility index (Phi) is 13.1. The molecule has 2 aromatic heterocycles. The third-order valence-electron chi connectivity index (χ3n) is 10.2. The zero-order valence-electron chi connectivity index (χ0n) is 32.1. The minimum Gasteiger partial charge on any atom is -0.406 e. The molecule has 58 heavy (non-hydrogen) atoms. The lowest BCUT2D eigenvalue weighted by atomic mass is 9.99. The fourth-order valence-electron chi connectivity index (χ4n) is 7.34. The maximum atomic E-state index is 15.4. The first-order valence-electron chi connectivity index (χ1n) is 19.0. The second-order valence-corrected chi connectivity index (χ2v) is 14.4. The molecule has 0 unspecified atom stereocenters. The van der Waals surface area contributed by atoms with Crippen LogP contribution in [0.5, 0.6) is 5.75 Å². The summed E-state index contributed by atoms with van der Waals surface area (Å²) in [7, 11) is 0. The lowest BCUT2D eigenvalue weighted by Crippen LogP contribution is -2.41. The summed E-state index contributed by atoms with van der Waals surface area (Å²) in [4.78, 5) is 34.7. The number of carbonyl (C=O) groups excluding carboxylic acids is 2. The van der Waals surface area contributed by atoms with Gasteiger partial charge in [-0.25, -0.2) is 18.2 Å². The number of ether oxygens (including phenoxy) is 1. The van der Waals surface area contributed by atoms with Crippen molar-refractivity contribution < 1.29 is 40.7 Å². The zero-order chi connectivity index (χ0) is 41.7. The smallest absolute Gasteiger partial charge is 0.406 e. The molecule has 4 N–H and O–H groups in total. The van der Waals surface area contributed by atoms with Crippen LogP contribution in [-0.2, 0) is 55.0 Å². The van der Waals surface area contributed by atoms with Crippen LogP contribution in [-0.4, -0.2) is 77.5 Å². The van der Waals surface area contributed by atoms with Gasteiger partial charge in [-0.05, 0) is 67.3 Å². The summed E-state index contributed by atoms with van der Waals surface area (Å²) in [6.07, 6.45) is -0.976. The van der Waals surface area contributed by atoms with Crippen molar-refractivity contribution in [2.45, 2.75) is 97.0 Å². The van der Waals surface area contributed by atoms with Gasteiger partial charge in [-0.2, -0.15) is 0 Å². The van der Waals surface area contributed by atoms with Crippen molar-refractivity contribution in [1.29, 1.82) is 0 Å². The first-order chi connectivity index (χ1) is 27.6. The van der Waals surface area contributed by atoms with E-state index in [-0.39, 0.29) is 62.6 Å². The molecule has 0 saturated carbocycles.